The number of fused-ring (bicyclic) bond motifs is 1. The van der Waals surface area contributed by atoms with E-state index in [1.54, 1.807) is 0 Å². The van der Waals surface area contributed by atoms with Gasteiger partial charge in [-0.15, -0.1) is 0 Å². The van der Waals surface area contributed by atoms with E-state index in [9.17, 15) is 21.6 Å². The van der Waals surface area contributed by atoms with Crippen molar-refractivity contribution in [3.8, 4) is 0 Å². The van der Waals surface area contributed by atoms with Crippen LogP contribution in [0.1, 0.15) is 22.8 Å². The van der Waals surface area contributed by atoms with Gasteiger partial charge in [-0.25, -0.2) is 22.9 Å². The fraction of sp³-hybridized carbons (Fsp3) is 0.588. The lowest BCUT2D eigenvalue weighted by molar-refractivity contribution is -0.192. The van der Waals surface area contributed by atoms with Crippen LogP contribution < -0.4 is 4.72 Å². The molecule has 174 valence electrons. The third kappa shape index (κ3) is 7.04. The quantitative estimate of drug-likeness (QED) is 0.661. The molecule has 0 saturated carbocycles. The minimum absolute atomic E-state index is 0.0813. The van der Waals surface area contributed by atoms with Crippen molar-refractivity contribution in [3.63, 3.8) is 0 Å². The fourth-order valence-electron chi connectivity index (χ4n) is 3.23. The molecular weight excluding hydrogens is 441 g/mol. The van der Waals surface area contributed by atoms with Crippen molar-refractivity contribution in [2.24, 2.45) is 14.1 Å². The van der Waals surface area contributed by atoms with Crippen molar-refractivity contribution in [3.05, 3.63) is 35.2 Å². The molecule has 0 amide bonds. The van der Waals surface area contributed by atoms with Crippen molar-refractivity contribution < 1.29 is 31.5 Å². The number of imidazole rings is 1. The molecule has 0 spiro atoms. The van der Waals surface area contributed by atoms with Crippen molar-refractivity contribution in [1.29, 1.82) is 0 Å². The molecule has 14 heteroatoms. The van der Waals surface area contributed by atoms with E-state index in [4.69, 9.17) is 9.90 Å². The van der Waals surface area contributed by atoms with Gasteiger partial charge in [0.2, 0.25) is 10.0 Å². The summed E-state index contributed by atoms with van der Waals surface area (Å²) in [4.78, 5) is 15.6. The maximum absolute atomic E-state index is 11.5. The monoisotopic (exact) mass is 466 g/mol. The van der Waals surface area contributed by atoms with Crippen LogP contribution in [-0.2, 0) is 48.4 Å². The predicted octanol–water partition coefficient (Wildman–Crippen LogP) is 0.571. The van der Waals surface area contributed by atoms with E-state index >= 15 is 0 Å². The number of sulfonamides is 1. The van der Waals surface area contributed by atoms with Gasteiger partial charge in [0.05, 0.1) is 29.7 Å². The van der Waals surface area contributed by atoms with Gasteiger partial charge in [0.25, 0.3) is 0 Å². The zero-order valence-corrected chi connectivity index (χ0v) is 18.3. The molecular formula is C17H25F3N6O4S. The highest BCUT2D eigenvalue weighted by Gasteiger charge is 2.38. The molecule has 3 heterocycles. The zero-order chi connectivity index (χ0) is 23.6. The van der Waals surface area contributed by atoms with E-state index in [2.05, 4.69) is 25.8 Å². The third-order valence-electron chi connectivity index (χ3n) is 4.73. The highest BCUT2D eigenvalue weighted by Crippen LogP contribution is 2.24. The van der Waals surface area contributed by atoms with Gasteiger partial charge < -0.3 is 9.67 Å². The Hall–Kier alpha value is -2.45. The number of aliphatic carboxylic acids is 1. The second-order valence-corrected chi connectivity index (χ2v) is 9.17. The van der Waals surface area contributed by atoms with Crippen LogP contribution in [0, 0.1) is 6.92 Å². The molecule has 0 saturated heterocycles. The van der Waals surface area contributed by atoms with Gasteiger partial charge >= 0.3 is 12.1 Å². The highest BCUT2D eigenvalue weighted by atomic mass is 32.2. The van der Waals surface area contributed by atoms with E-state index in [0.717, 1.165) is 23.5 Å². The lowest BCUT2D eigenvalue weighted by Gasteiger charge is -2.35. The van der Waals surface area contributed by atoms with Gasteiger partial charge in [-0.3, -0.25) is 9.58 Å². The average molecular weight is 466 g/mol. The number of carboxylic acid groups (broad SMARTS) is 1. The van der Waals surface area contributed by atoms with Crippen LogP contribution >= 0.6 is 0 Å². The number of hydrogen-bond acceptors (Lipinski definition) is 6. The van der Waals surface area contributed by atoms with Gasteiger partial charge in [0.15, 0.2) is 0 Å². The summed E-state index contributed by atoms with van der Waals surface area (Å²) < 4.78 is 61.3. The molecule has 0 bridgehead atoms. The topological polar surface area (TPSA) is 122 Å². The van der Waals surface area contributed by atoms with Crippen LogP contribution in [0.2, 0.25) is 0 Å². The maximum Gasteiger partial charge on any atom is 0.490 e. The summed E-state index contributed by atoms with van der Waals surface area (Å²) in [5.74, 6) is -2.76. The molecule has 0 aromatic carbocycles. The van der Waals surface area contributed by atoms with Crippen LogP contribution in [0.15, 0.2) is 12.4 Å². The number of hydrogen-bond donors (Lipinski definition) is 2. The Bertz CT molecular complexity index is 1030. The van der Waals surface area contributed by atoms with E-state index in [-0.39, 0.29) is 6.04 Å². The fourth-order valence-corrected chi connectivity index (χ4v) is 3.72. The number of aromatic nitrogens is 4. The summed E-state index contributed by atoms with van der Waals surface area (Å²) >= 11 is 0. The first-order valence-electron chi connectivity index (χ1n) is 9.14. The molecule has 1 unspecified atom stereocenters. The normalized spacial score (nSPS) is 17.1. The van der Waals surface area contributed by atoms with Crippen molar-refractivity contribution in [2.45, 2.75) is 38.7 Å². The van der Waals surface area contributed by atoms with Gasteiger partial charge in [0, 0.05) is 51.9 Å². The Morgan fingerprint density at radius 3 is 2.45 bits per heavy atom. The van der Waals surface area contributed by atoms with Gasteiger partial charge in [-0.05, 0) is 13.0 Å². The lowest BCUT2D eigenvalue weighted by Crippen LogP contribution is -2.47. The molecule has 1 atom stereocenters. The number of nitrogens with one attached hydrogen (secondary N) is 1. The van der Waals surface area contributed by atoms with Gasteiger partial charge in [-0.2, -0.15) is 18.3 Å². The molecule has 0 aliphatic carbocycles. The lowest BCUT2D eigenvalue weighted by atomic mass is 10.0. The first kappa shape index (κ1) is 24.8. The van der Waals surface area contributed by atoms with Crippen molar-refractivity contribution in [2.75, 3.05) is 12.8 Å². The van der Waals surface area contributed by atoms with Gasteiger partial charge in [-0.1, -0.05) is 0 Å². The number of halogens is 3. The molecule has 2 N–H and O–H groups in total. The Kier molecular flexibility index (Phi) is 7.49. The Morgan fingerprint density at radius 2 is 1.97 bits per heavy atom. The highest BCUT2D eigenvalue weighted by molar-refractivity contribution is 7.88. The molecule has 2 aromatic rings. The van der Waals surface area contributed by atoms with E-state index in [1.165, 1.54) is 11.9 Å². The Labute approximate surface area is 177 Å². The molecule has 10 nitrogen and oxygen atoms in total. The summed E-state index contributed by atoms with van der Waals surface area (Å²) in [6.07, 6.45) is -1.30. The number of carboxylic acids is 1. The van der Waals surface area contributed by atoms with Gasteiger partial charge in [0.1, 0.15) is 0 Å². The summed E-state index contributed by atoms with van der Waals surface area (Å²) in [6.45, 7) is 3.78. The maximum atomic E-state index is 11.5. The average Bonchev–Trinajstić information content (AvgIpc) is 3.13. The minimum atomic E-state index is -5.08. The SMILES string of the molecule is Cc1cc(CN2Cc3ncn(C)c3CC2CNS(C)(=O)=O)n(C)n1.O=C(O)C(F)(F)F. The molecule has 1 aliphatic rings. The number of rotatable bonds is 5. The smallest absolute Gasteiger partial charge is 0.475 e. The Morgan fingerprint density at radius 1 is 1.35 bits per heavy atom. The molecule has 0 fully saturated rings. The summed E-state index contributed by atoms with van der Waals surface area (Å²) in [5, 5.41) is 11.5. The van der Waals surface area contributed by atoms with Crippen LogP contribution in [0.4, 0.5) is 13.2 Å². The largest absolute Gasteiger partial charge is 0.490 e. The van der Waals surface area contributed by atoms with Crippen LogP contribution in [0.3, 0.4) is 0 Å². The number of aryl methyl sites for hydroxylation is 3. The predicted molar refractivity (Wildman–Crippen MR) is 104 cm³/mol. The minimum Gasteiger partial charge on any atom is -0.475 e. The summed E-state index contributed by atoms with van der Waals surface area (Å²) in [7, 11) is 0.697. The van der Waals surface area contributed by atoms with Crippen LogP contribution in [0.5, 0.6) is 0 Å². The number of nitrogens with zero attached hydrogens (tertiary/aromatic N) is 5. The molecule has 1 aliphatic heterocycles. The first-order valence-corrected chi connectivity index (χ1v) is 11.0. The van der Waals surface area contributed by atoms with Crippen molar-refractivity contribution >= 4 is 16.0 Å². The second-order valence-electron chi connectivity index (χ2n) is 7.34. The summed E-state index contributed by atoms with van der Waals surface area (Å²) in [6, 6.07) is 2.15. The number of alkyl halides is 3. The van der Waals surface area contributed by atoms with E-state index < -0.39 is 22.2 Å². The molecule has 3 rings (SSSR count). The molecule has 31 heavy (non-hydrogen) atoms. The number of carbonyl (C=O) groups is 1. The Balaban J connectivity index is 0.000000423. The standard InChI is InChI=1S/C15H24N6O2S.C2HF3O2/c1-11-5-13(20(3)18-11)8-21-9-14-15(19(2)10-16-14)6-12(21)7-17-24(4,22)23;3-2(4,5)1(6)7/h5,10,12,17H,6-9H2,1-4H3;(H,6,7). The zero-order valence-electron chi connectivity index (χ0n) is 17.5. The van der Waals surface area contributed by atoms with Crippen LogP contribution in [0.25, 0.3) is 0 Å². The van der Waals surface area contributed by atoms with Crippen LogP contribution in [-0.4, -0.2) is 68.7 Å². The summed E-state index contributed by atoms with van der Waals surface area (Å²) in [5.41, 5.74) is 4.32. The molecule has 0 radical (unpaired) electrons. The first-order chi connectivity index (χ1) is 14.2. The third-order valence-corrected chi connectivity index (χ3v) is 5.42. The second kappa shape index (κ2) is 9.36. The van der Waals surface area contributed by atoms with E-state index in [0.29, 0.717) is 19.6 Å². The van der Waals surface area contributed by atoms with E-state index in [1.807, 2.05) is 36.6 Å². The molecule has 2 aromatic heterocycles. The van der Waals surface area contributed by atoms with Crippen molar-refractivity contribution in [1.82, 2.24) is 29.0 Å².